The molecule has 0 spiro atoms. The van der Waals surface area contributed by atoms with Gasteiger partial charge in [-0.3, -0.25) is 19.3 Å². The number of amides is 3. The number of methoxy groups -OCH3 is 1. The molecule has 7 nitrogen and oxygen atoms in total. The van der Waals surface area contributed by atoms with Crippen LogP contribution in [0.4, 0.5) is 0 Å². The summed E-state index contributed by atoms with van der Waals surface area (Å²) in [7, 11) is 1.19. The number of ether oxygens (including phenoxy) is 1. The quantitative estimate of drug-likeness (QED) is 0.200. The van der Waals surface area contributed by atoms with Crippen molar-refractivity contribution in [3.8, 4) is 0 Å². The van der Waals surface area contributed by atoms with E-state index in [1.54, 1.807) is 19.1 Å². The van der Waals surface area contributed by atoms with E-state index in [4.69, 9.17) is 11.6 Å². The molecule has 0 aromatic heterocycles. The van der Waals surface area contributed by atoms with Gasteiger partial charge in [-0.1, -0.05) is 30.3 Å². The number of halogens is 1. The van der Waals surface area contributed by atoms with E-state index >= 15 is 0 Å². The van der Waals surface area contributed by atoms with Crippen molar-refractivity contribution in [1.82, 2.24) is 9.80 Å². The summed E-state index contributed by atoms with van der Waals surface area (Å²) in [5.41, 5.74) is -0.221. The zero-order chi connectivity index (χ0) is 18.5. The molecule has 1 aromatic carbocycles. The molecule has 3 rings (SSSR count). The summed E-state index contributed by atoms with van der Waals surface area (Å²) in [4.78, 5) is 51.5. The van der Waals surface area contributed by atoms with Crippen LogP contribution in [-0.4, -0.2) is 58.2 Å². The second-order valence-corrected chi connectivity index (χ2v) is 6.31. The molecule has 1 saturated heterocycles. The minimum Gasteiger partial charge on any atom is -0.467 e. The first-order valence-corrected chi connectivity index (χ1v) is 7.91. The number of hydrogen-bond acceptors (Lipinski definition) is 5. The normalized spacial score (nSPS) is 23.2. The number of carbonyl (C=O) groups is 4. The fraction of sp³-hybridized carbons (Fsp3) is 0.294. The van der Waals surface area contributed by atoms with Gasteiger partial charge in [0.15, 0.2) is 12.1 Å². The van der Waals surface area contributed by atoms with Gasteiger partial charge < -0.3 is 9.64 Å². The first kappa shape index (κ1) is 17.2. The molecule has 1 aromatic rings. The van der Waals surface area contributed by atoms with Gasteiger partial charge in [-0.2, -0.15) is 0 Å². The number of imide groups is 1. The Kier molecular flexibility index (Phi) is 4.12. The van der Waals surface area contributed by atoms with Crippen molar-refractivity contribution in [2.75, 3.05) is 7.11 Å². The number of carbonyl (C=O) groups excluding carboxylic acids is 4. The third-order valence-corrected chi connectivity index (χ3v) is 4.76. The average molecular weight is 363 g/mol. The third-order valence-electron chi connectivity index (χ3n) is 4.31. The molecule has 25 heavy (non-hydrogen) atoms. The molecule has 8 heteroatoms. The maximum Gasteiger partial charge on any atom is 0.332 e. The number of nitrogens with zero attached hydrogens (tertiary/aromatic N) is 2. The maximum atomic E-state index is 12.6. The summed E-state index contributed by atoms with van der Waals surface area (Å²) < 4.78 is 4.68. The number of benzene rings is 1. The molecule has 0 saturated carbocycles. The second-order valence-electron chi connectivity index (χ2n) is 5.86. The lowest BCUT2D eigenvalue weighted by atomic mass is 9.98. The van der Waals surface area contributed by atoms with Crippen molar-refractivity contribution < 1.29 is 23.9 Å². The topological polar surface area (TPSA) is 84.0 Å². The van der Waals surface area contributed by atoms with E-state index in [1.807, 2.05) is 0 Å². The number of β-lactam (4-membered cyclic amide) rings is 1. The minimum absolute atomic E-state index is 0.229. The van der Waals surface area contributed by atoms with Crippen molar-refractivity contribution >= 4 is 35.3 Å². The molecular weight excluding hydrogens is 348 g/mol. The van der Waals surface area contributed by atoms with Crippen molar-refractivity contribution in [1.29, 1.82) is 0 Å². The first-order valence-electron chi connectivity index (χ1n) is 7.47. The van der Waals surface area contributed by atoms with E-state index in [2.05, 4.69) is 11.3 Å². The van der Waals surface area contributed by atoms with Crippen LogP contribution in [0.5, 0.6) is 0 Å². The van der Waals surface area contributed by atoms with E-state index in [-0.39, 0.29) is 11.1 Å². The van der Waals surface area contributed by atoms with Crippen LogP contribution in [0.3, 0.4) is 0 Å². The molecule has 0 radical (unpaired) electrons. The molecule has 2 aliphatic heterocycles. The van der Waals surface area contributed by atoms with Crippen molar-refractivity contribution in [3.05, 3.63) is 47.5 Å². The first-order chi connectivity index (χ1) is 11.8. The summed E-state index contributed by atoms with van der Waals surface area (Å²) in [6.07, 6.45) is 0. The Bertz CT molecular complexity index is 786. The standard InChI is InChI=1S/C17H15ClN2O5/c1-8(2)11(17(24)25-3)19-13(18)12(16(19)23)20-14(21)9-6-4-5-7-10(9)15(20)22/h4-7,11-13H,1H2,2-3H3/t11-,12+,13+/m1/s1. The highest BCUT2D eigenvalue weighted by Crippen LogP contribution is 2.36. The Morgan fingerprint density at radius 2 is 1.72 bits per heavy atom. The fourth-order valence-corrected chi connectivity index (χ4v) is 3.52. The molecule has 130 valence electrons. The Hall–Kier alpha value is -2.67. The highest BCUT2D eigenvalue weighted by Gasteiger charge is 2.58. The van der Waals surface area contributed by atoms with E-state index in [0.29, 0.717) is 5.57 Å². The van der Waals surface area contributed by atoms with E-state index in [9.17, 15) is 19.2 Å². The molecule has 1 fully saturated rings. The Morgan fingerprint density at radius 1 is 1.20 bits per heavy atom. The van der Waals surface area contributed by atoms with Gasteiger partial charge in [0.05, 0.1) is 18.2 Å². The van der Waals surface area contributed by atoms with Gasteiger partial charge in [0.25, 0.3) is 17.7 Å². The Labute approximate surface area is 148 Å². The predicted molar refractivity (Wildman–Crippen MR) is 87.8 cm³/mol. The molecule has 0 aliphatic carbocycles. The van der Waals surface area contributed by atoms with Crippen molar-refractivity contribution in [2.24, 2.45) is 0 Å². The average Bonchev–Trinajstić information content (AvgIpc) is 2.84. The summed E-state index contributed by atoms with van der Waals surface area (Å²) in [5.74, 6) is -2.44. The number of esters is 1. The van der Waals surface area contributed by atoms with Crippen LogP contribution in [0.15, 0.2) is 36.4 Å². The molecule has 3 atom stereocenters. The van der Waals surface area contributed by atoms with Gasteiger partial charge in [0.2, 0.25) is 0 Å². The number of likely N-dealkylation sites (tertiary alicyclic amines) is 1. The summed E-state index contributed by atoms with van der Waals surface area (Å²) in [6, 6.07) is 4.08. The second kappa shape index (κ2) is 6.00. The van der Waals surface area contributed by atoms with E-state index < -0.39 is 41.3 Å². The van der Waals surface area contributed by atoms with Gasteiger partial charge in [-0.25, -0.2) is 4.79 Å². The monoisotopic (exact) mass is 362 g/mol. The van der Waals surface area contributed by atoms with Gasteiger partial charge in [0, 0.05) is 0 Å². The molecule has 0 bridgehead atoms. The molecule has 2 aliphatic rings. The van der Waals surface area contributed by atoms with Gasteiger partial charge in [-0.15, -0.1) is 0 Å². The smallest absolute Gasteiger partial charge is 0.332 e. The van der Waals surface area contributed by atoms with Gasteiger partial charge in [0.1, 0.15) is 5.50 Å². The predicted octanol–water partition coefficient (Wildman–Crippen LogP) is 1.18. The van der Waals surface area contributed by atoms with Gasteiger partial charge >= 0.3 is 5.97 Å². The molecule has 3 amide bonds. The molecule has 0 unspecified atom stereocenters. The number of hydrogen-bond donors (Lipinski definition) is 0. The summed E-state index contributed by atoms with van der Waals surface area (Å²) in [6.45, 7) is 5.24. The zero-order valence-electron chi connectivity index (χ0n) is 13.6. The SMILES string of the molecule is C=C(C)[C@H](C(=O)OC)N1C(=O)[C@@H](N2C(=O)c3ccccc3C2=O)[C@H]1Cl. The maximum absolute atomic E-state index is 12.6. The van der Waals surface area contributed by atoms with Crippen LogP contribution >= 0.6 is 11.6 Å². The van der Waals surface area contributed by atoms with Crippen molar-refractivity contribution in [3.63, 3.8) is 0 Å². The van der Waals surface area contributed by atoms with Crippen LogP contribution in [0.2, 0.25) is 0 Å². The Morgan fingerprint density at radius 3 is 2.12 bits per heavy atom. The summed E-state index contributed by atoms with van der Waals surface area (Å²) in [5, 5.41) is 0. The van der Waals surface area contributed by atoms with Crippen LogP contribution in [0.1, 0.15) is 27.6 Å². The van der Waals surface area contributed by atoms with Crippen LogP contribution in [0, 0.1) is 0 Å². The Balaban J connectivity index is 1.89. The lowest BCUT2D eigenvalue weighted by Crippen LogP contribution is -2.73. The number of rotatable bonds is 4. The third kappa shape index (κ3) is 2.34. The van der Waals surface area contributed by atoms with Crippen LogP contribution in [-0.2, 0) is 14.3 Å². The fourth-order valence-electron chi connectivity index (χ4n) is 3.09. The largest absolute Gasteiger partial charge is 0.467 e. The lowest BCUT2D eigenvalue weighted by molar-refractivity contribution is -0.163. The highest BCUT2D eigenvalue weighted by atomic mass is 35.5. The lowest BCUT2D eigenvalue weighted by Gasteiger charge is -2.49. The van der Waals surface area contributed by atoms with Crippen LogP contribution < -0.4 is 0 Å². The molecular formula is C17H15ClN2O5. The molecule has 2 heterocycles. The van der Waals surface area contributed by atoms with E-state index in [1.165, 1.54) is 19.2 Å². The molecule has 0 N–H and O–H groups in total. The van der Waals surface area contributed by atoms with Crippen molar-refractivity contribution in [2.45, 2.75) is 24.5 Å². The number of fused-ring (bicyclic) bond motifs is 1. The highest BCUT2D eigenvalue weighted by molar-refractivity contribution is 6.30. The van der Waals surface area contributed by atoms with Crippen LogP contribution in [0.25, 0.3) is 0 Å². The minimum atomic E-state index is -1.17. The zero-order valence-corrected chi connectivity index (χ0v) is 14.3. The number of alkyl halides is 1. The summed E-state index contributed by atoms with van der Waals surface area (Å²) >= 11 is 6.28. The van der Waals surface area contributed by atoms with Gasteiger partial charge in [-0.05, 0) is 24.6 Å². The van der Waals surface area contributed by atoms with E-state index in [0.717, 1.165) is 9.80 Å².